The van der Waals surface area contributed by atoms with Crippen molar-refractivity contribution >= 4 is 17.5 Å². The fraction of sp³-hybridized carbons (Fsp3) is 0.444. The number of rotatable bonds is 5. The molecule has 2 heterocycles. The van der Waals surface area contributed by atoms with Crippen molar-refractivity contribution in [2.24, 2.45) is 0 Å². The molecule has 1 aliphatic heterocycles. The Morgan fingerprint density at radius 3 is 2.79 bits per heavy atom. The second-order valence-electron chi connectivity index (χ2n) is 6.24. The molecule has 0 bridgehead atoms. The van der Waals surface area contributed by atoms with Crippen LogP contribution in [-0.2, 0) is 11.3 Å². The maximum absolute atomic E-state index is 12.4. The number of halogens is 1. The van der Waals surface area contributed by atoms with Crippen LogP contribution in [0.15, 0.2) is 24.3 Å². The molecule has 1 aromatic heterocycles. The minimum Gasteiger partial charge on any atom is -0.376 e. The van der Waals surface area contributed by atoms with E-state index in [-0.39, 0.29) is 12.0 Å². The van der Waals surface area contributed by atoms with Gasteiger partial charge in [0.15, 0.2) is 0 Å². The molecule has 1 saturated heterocycles. The molecular formula is C18H22ClN3O2. The Bertz CT molecular complexity index is 719. The van der Waals surface area contributed by atoms with Gasteiger partial charge in [0.2, 0.25) is 0 Å². The van der Waals surface area contributed by atoms with Gasteiger partial charge in [-0.1, -0.05) is 41.4 Å². The first-order valence-electron chi connectivity index (χ1n) is 8.23. The van der Waals surface area contributed by atoms with Crippen LogP contribution < -0.4 is 5.32 Å². The summed E-state index contributed by atoms with van der Waals surface area (Å²) in [6, 6.07) is 8.18. The van der Waals surface area contributed by atoms with Gasteiger partial charge < -0.3 is 10.1 Å². The number of carbonyl (C=O) groups is 1. The van der Waals surface area contributed by atoms with E-state index in [0.717, 1.165) is 25.0 Å². The lowest BCUT2D eigenvalue weighted by Crippen LogP contribution is -2.32. The van der Waals surface area contributed by atoms with Crippen LogP contribution >= 0.6 is 11.6 Å². The van der Waals surface area contributed by atoms with Gasteiger partial charge in [0.25, 0.3) is 5.91 Å². The van der Waals surface area contributed by atoms with E-state index < -0.39 is 0 Å². The van der Waals surface area contributed by atoms with Crippen molar-refractivity contribution in [3.05, 3.63) is 51.8 Å². The third kappa shape index (κ3) is 3.79. The number of aromatic nitrogens is 2. The van der Waals surface area contributed by atoms with E-state index >= 15 is 0 Å². The normalized spacial score (nSPS) is 17.2. The first-order chi connectivity index (χ1) is 11.5. The van der Waals surface area contributed by atoms with Crippen LogP contribution in [0.25, 0.3) is 0 Å². The molecular weight excluding hydrogens is 326 g/mol. The van der Waals surface area contributed by atoms with Crippen molar-refractivity contribution in [3.63, 3.8) is 0 Å². The standard InChI is InChI=1S/C18H22ClN3O2/c1-12-5-7-14(8-6-12)11-22-17(19)16(13(2)21-22)18(23)20-10-15-4-3-9-24-15/h5-8,15H,3-4,9-11H2,1-2H3,(H,20,23). The maximum atomic E-state index is 12.4. The van der Waals surface area contributed by atoms with Gasteiger partial charge in [-0.15, -0.1) is 0 Å². The number of aryl methyl sites for hydroxylation is 2. The van der Waals surface area contributed by atoms with E-state index in [4.69, 9.17) is 16.3 Å². The predicted molar refractivity (Wildman–Crippen MR) is 93.6 cm³/mol. The lowest BCUT2D eigenvalue weighted by atomic mass is 10.1. The van der Waals surface area contributed by atoms with Crippen LogP contribution in [-0.4, -0.2) is 34.9 Å². The maximum Gasteiger partial charge on any atom is 0.256 e. The second kappa shape index (κ2) is 7.36. The molecule has 1 N–H and O–H groups in total. The molecule has 6 heteroatoms. The van der Waals surface area contributed by atoms with Crippen LogP contribution in [0, 0.1) is 13.8 Å². The van der Waals surface area contributed by atoms with Crippen molar-refractivity contribution in [2.75, 3.05) is 13.2 Å². The van der Waals surface area contributed by atoms with Gasteiger partial charge in [-0.25, -0.2) is 4.68 Å². The highest BCUT2D eigenvalue weighted by Gasteiger charge is 2.22. The predicted octanol–water partition coefficient (Wildman–Crippen LogP) is 3.11. The number of ether oxygens (including phenoxy) is 1. The van der Waals surface area contributed by atoms with Gasteiger partial charge in [-0.3, -0.25) is 4.79 Å². The number of hydrogen-bond donors (Lipinski definition) is 1. The molecule has 1 aliphatic rings. The average Bonchev–Trinajstić information content (AvgIpc) is 3.16. The van der Waals surface area contributed by atoms with Gasteiger partial charge in [-0.2, -0.15) is 5.10 Å². The Labute approximate surface area is 147 Å². The topological polar surface area (TPSA) is 56.2 Å². The third-order valence-electron chi connectivity index (χ3n) is 4.26. The molecule has 5 nitrogen and oxygen atoms in total. The highest BCUT2D eigenvalue weighted by atomic mass is 35.5. The Hall–Kier alpha value is -1.85. The molecule has 1 amide bonds. The van der Waals surface area contributed by atoms with E-state index in [1.165, 1.54) is 5.56 Å². The van der Waals surface area contributed by atoms with Crippen LogP contribution in [0.1, 0.15) is 40.0 Å². The molecule has 1 atom stereocenters. The molecule has 2 aromatic rings. The summed E-state index contributed by atoms with van der Waals surface area (Å²) in [5, 5.41) is 7.70. The number of benzene rings is 1. The van der Waals surface area contributed by atoms with Crippen LogP contribution in [0.4, 0.5) is 0 Å². The minimum atomic E-state index is -0.192. The number of nitrogens with zero attached hydrogens (tertiary/aromatic N) is 2. The zero-order valence-electron chi connectivity index (χ0n) is 14.0. The summed E-state index contributed by atoms with van der Waals surface area (Å²) in [7, 11) is 0. The zero-order valence-corrected chi connectivity index (χ0v) is 14.8. The first kappa shape index (κ1) is 17.0. The lowest BCUT2D eigenvalue weighted by Gasteiger charge is -2.10. The van der Waals surface area contributed by atoms with E-state index in [2.05, 4.69) is 22.5 Å². The number of amides is 1. The minimum absolute atomic E-state index is 0.107. The summed E-state index contributed by atoms with van der Waals surface area (Å²) in [4.78, 5) is 12.4. The fourth-order valence-corrected chi connectivity index (χ4v) is 3.20. The Morgan fingerprint density at radius 2 is 2.12 bits per heavy atom. The highest BCUT2D eigenvalue weighted by Crippen LogP contribution is 2.21. The second-order valence-corrected chi connectivity index (χ2v) is 6.60. The summed E-state index contributed by atoms with van der Waals surface area (Å²) in [5.74, 6) is -0.192. The van der Waals surface area contributed by atoms with Gasteiger partial charge >= 0.3 is 0 Å². The van der Waals surface area contributed by atoms with E-state index in [9.17, 15) is 4.79 Å². The van der Waals surface area contributed by atoms with Gasteiger partial charge in [0.05, 0.1) is 23.9 Å². The summed E-state index contributed by atoms with van der Waals surface area (Å²) in [5.41, 5.74) is 3.38. The molecule has 1 unspecified atom stereocenters. The smallest absolute Gasteiger partial charge is 0.256 e. The van der Waals surface area contributed by atoms with Crippen molar-refractivity contribution in [1.82, 2.24) is 15.1 Å². The molecule has 1 fully saturated rings. The largest absolute Gasteiger partial charge is 0.376 e. The summed E-state index contributed by atoms with van der Waals surface area (Å²) in [6.07, 6.45) is 2.14. The molecule has 0 spiro atoms. The van der Waals surface area contributed by atoms with Crippen LogP contribution in [0.2, 0.25) is 5.15 Å². The number of hydrogen-bond acceptors (Lipinski definition) is 3. The molecule has 1 aromatic carbocycles. The van der Waals surface area contributed by atoms with E-state index in [1.54, 1.807) is 11.6 Å². The first-order valence-corrected chi connectivity index (χ1v) is 8.60. The molecule has 3 rings (SSSR count). The SMILES string of the molecule is Cc1ccc(Cn2nc(C)c(C(=O)NCC3CCCO3)c2Cl)cc1. The number of carbonyl (C=O) groups excluding carboxylic acids is 1. The van der Waals surface area contributed by atoms with Gasteiger partial charge in [-0.05, 0) is 32.3 Å². The quantitative estimate of drug-likeness (QED) is 0.904. The zero-order chi connectivity index (χ0) is 17.1. The lowest BCUT2D eigenvalue weighted by molar-refractivity contribution is 0.0857. The Kier molecular flexibility index (Phi) is 5.21. The Balaban J connectivity index is 1.70. The fourth-order valence-electron chi connectivity index (χ4n) is 2.88. The van der Waals surface area contributed by atoms with Crippen molar-refractivity contribution in [3.8, 4) is 0 Å². The van der Waals surface area contributed by atoms with Crippen LogP contribution in [0.3, 0.4) is 0 Å². The summed E-state index contributed by atoms with van der Waals surface area (Å²) < 4.78 is 7.19. The molecule has 0 radical (unpaired) electrons. The van der Waals surface area contributed by atoms with Crippen molar-refractivity contribution < 1.29 is 9.53 Å². The Morgan fingerprint density at radius 1 is 1.38 bits per heavy atom. The monoisotopic (exact) mass is 347 g/mol. The van der Waals surface area contributed by atoms with E-state index in [1.807, 2.05) is 19.1 Å². The third-order valence-corrected chi connectivity index (χ3v) is 4.64. The summed E-state index contributed by atoms with van der Waals surface area (Å²) >= 11 is 6.41. The summed E-state index contributed by atoms with van der Waals surface area (Å²) in [6.45, 7) is 5.68. The van der Waals surface area contributed by atoms with Gasteiger partial charge in [0, 0.05) is 13.2 Å². The van der Waals surface area contributed by atoms with E-state index in [0.29, 0.717) is 29.5 Å². The highest BCUT2D eigenvalue weighted by molar-refractivity contribution is 6.33. The van der Waals surface area contributed by atoms with Crippen LogP contribution in [0.5, 0.6) is 0 Å². The van der Waals surface area contributed by atoms with Gasteiger partial charge in [0.1, 0.15) is 5.15 Å². The number of nitrogens with one attached hydrogen (secondary N) is 1. The molecule has 128 valence electrons. The molecule has 24 heavy (non-hydrogen) atoms. The van der Waals surface area contributed by atoms with Crippen molar-refractivity contribution in [2.45, 2.75) is 39.3 Å². The average molecular weight is 348 g/mol. The molecule has 0 saturated carbocycles. The molecule has 0 aliphatic carbocycles. The van der Waals surface area contributed by atoms with Crippen molar-refractivity contribution in [1.29, 1.82) is 0 Å².